The lowest BCUT2D eigenvalue weighted by Gasteiger charge is -2.15. The second-order valence-electron chi connectivity index (χ2n) is 7.97. The Labute approximate surface area is 207 Å². The Hall–Kier alpha value is -3.50. The summed E-state index contributed by atoms with van der Waals surface area (Å²) in [6.07, 6.45) is 2.43. The number of carbonyl (C=O) groups is 2. The van der Waals surface area contributed by atoms with Gasteiger partial charge < -0.3 is 15.4 Å². The van der Waals surface area contributed by atoms with Gasteiger partial charge in [0, 0.05) is 43.7 Å². The van der Waals surface area contributed by atoms with E-state index in [1.165, 1.54) is 17.9 Å². The van der Waals surface area contributed by atoms with E-state index in [-0.39, 0.29) is 19.0 Å². The fourth-order valence-corrected chi connectivity index (χ4v) is 4.31. The van der Waals surface area contributed by atoms with Crippen LogP contribution in [0.1, 0.15) is 12.5 Å². The van der Waals surface area contributed by atoms with Gasteiger partial charge in [0.15, 0.2) is 5.16 Å². The van der Waals surface area contributed by atoms with Gasteiger partial charge in [0.25, 0.3) is 0 Å². The van der Waals surface area contributed by atoms with E-state index in [2.05, 4.69) is 20.6 Å². The highest BCUT2D eigenvalue weighted by atomic mass is 32.2. The summed E-state index contributed by atoms with van der Waals surface area (Å²) < 4.78 is 20.2. The average Bonchev–Trinajstić information content (AvgIpc) is 3.24. The van der Waals surface area contributed by atoms with Gasteiger partial charge in [-0.25, -0.2) is 19.2 Å². The molecule has 1 fully saturated rings. The van der Waals surface area contributed by atoms with Gasteiger partial charge in [-0.3, -0.25) is 9.69 Å². The molecule has 1 unspecified atom stereocenters. The minimum absolute atomic E-state index is 0.200. The zero-order chi connectivity index (χ0) is 24.6. The molecule has 1 saturated heterocycles. The van der Waals surface area contributed by atoms with Crippen LogP contribution in [-0.2, 0) is 16.1 Å². The van der Waals surface area contributed by atoms with Gasteiger partial charge in [0.05, 0.1) is 18.8 Å². The summed E-state index contributed by atoms with van der Waals surface area (Å²) in [5, 5.41) is 6.77. The van der Waals surface area contributed by atoms with Crippen molar-refractivity contribution >= 4 is 29.4 Å². The van der Waals surface area contributed by atoms with E-state index in [4.69, 9.17) is 4.74 Å². The first-order valence-electron chi connectivity index (χ1n) is 11.2. The third-order valence-corrected chi connectivity index (χ3v) is 6.24. The second kappa shape index (κ2) is 11.8. The van der Waals surface area contributed by atoms with Gasteiger partial charge in [0.1, 0.15) is 11.9 Å². The summed E-state index contributed by atoms with van der Waals surface area (Å²) in [5.41, 5.74) is 2.72. The van der Waals surface area contributed by atoms with E-state index < -0.39 is 18.0 Å². The molecule has 0 spiro atoms. The van der Waals surface area contributed by atoms with Crippen molar-refractivity contribution in [3.05, 3.63) is 72.3 Å². The van der Waals surface area contributed by atoms with Gasteiger partial charge in [0.2, 0.25) is 5.91 Å². The average molecular weight is 496 g/mol. The molecule has 0 radical (unpaired) electrons. The van der Waals surface area contributed by atoms with E-state index in [1.807, 2.05) is 24.3 Å². The van der Waals surface area contributed by atoms with Gasteiger partial charge in [-0.2, -0.15) is 0 Å². The first-order valence-corrected chi connectivity index (χ1v) is 12.2. The van der Waals surface area contributed by atoms with Crippen LogP contribution in [0.15, 0.2) is 66.1 Å². The van der Waals surface area contributed by atoms with E-state index >= 15 is 0 Å². The third kappa shape index (κ3) is 6.77. The Morgan fingerprint density at radius 2 is 1.97 bits per heavy atom. The lowest BCUT2D eigenvalue weighted by molar-refractivity contribution is -0.119. The minimum atomic E-state index is -0.556. The molecule has 1 aromatic heterocycles. The summed E-state index contributed by atoms with van der Waals surface area (Å²) in [5.74, 6) is 0.235. The first kappa shape index (κ1) is 24.6. The summed E-state index contributed by atoms with van der Waals surface area (Å²) in [6, 6.07) is 14.2. The standard InChI is InChI=1S/C25H26FN5O3S/c1-17(32)30-15-21-16-31(25(33)34-21)20-7-8-22(23(26)13-20)19-5-3-18(4-6-19)14-27-11-12-35-24-28-9-2-10-29-24/h2-10,13,21,27H,11-12,14-16H2,1H3,(H,30,32). The monoisotopic (exact) mass is 495 g/mol. The Balaban J connectivity index is 1.30. The molecule has 0 aliphatic carbocycles. The highest BCUT2D eigenvalue weighted by molar-refractivity contribution is 7.99. The Kier molecular flexibility index (Phi) is 8.27. The van der Waals surface area contributed by atoms with Crippen molar-refractivity contribution in [2.45, 2.75) is 24.7 Å². The fraction of sp³-hybridized carbons (Fsp3) is 0.280. The number of nitrogens with zero attached hydrogens (tertiary/aromatic N) is 3. The van der Waals surface area contributed by atoms with Crippen molar-refractivity contribution in [2.75, 3.05) is 30.3 Å². The lowest BCUT2D eigenvalue weighted by Crippen LogP contribution is -2.33. The number of halogens is 1. The van der Waals surface area contributed by atoms with Crippen molar-refractivity contribution in [1.82, 2.24) is 20.6 Å². The number of amides is 2. The summed E-state index contributed by atoms with van der Waals surface area (Å²) >= 11 is 1.60. The van der Waals surface area contributed by atoms with Gasteiger partial charge in [-0.05, 0) is 35.4 Å². The lowest BCUT2D eigenvalue weighted by atomic mass is 10.0. The zero-order valence-electron chi connectivity index (χ0n) is 19.2. The number of benzene rings is 2. The van der Waals surface area contributed by atoms with E-state index in [9.17, 15) is 14.0 Å². The molecule has 182 valence electrons. The summed E-state index contributed by atoms with van der Waals surface area (Å²) in [6.45, 7) is 3.38. The van der Waals surface area contributed by atoms with Crippen LogP contribution in [0.25, 0.3) is 11.1 Å². The highest BCUT2D eigenvalue weighted by Gasteiger charge is 2.32. The molecule has 0 saturated carbocycles. The van der Waals surface area contributed by atoms with Gasteiger partial charge in [-0.15, -0.1) is 0 Å². The number of hydrogen-bond donors (Lipinski definition) is 2. The maximum atomic E-state index is 14.9. The van der Waals surface area contributed by atoms with Gasteiger partial charge >= 0.3 is 6.09 Å². The van der Waals surface area contributed by atoms with Crippen LogP contribution in [0.2, 0.25) is 0 Å². The predicted molar refractivity (Wildman–Crippen MR) is 133 cm³/mol. The number of hydrogen-bond acceptors (Lipinski definition) is 7. The number of nitrogens with one attached hydrogen (secondary N) is 2. The van der Waals surface area contributed by atoms with Crippen LogP contribution in [0.5, 0.6) is 0 Å². The van der Waals surface area contributed by atoms with Gasteiger partial charge in [-0.1, -0.05) is 36.0 Å². The highest BCUT2D eigenvalue weighted by Crippen LogP contribution is 2.29. The maximum absolute atomic E-state index is 14.9. The Morgan fingerprint density at radius 3 is 2.69 bits per heavy atom. The molecule has 0 bridgehead atoms. The number of carbonyl (C=O) groups excluding carboxylic acids is 2. The first-order chi connectivity index (χ1) is 17.0. The molecule has 1 aliphatic rings. The predicted octanol–water partition coefficient (Wildman–Crippen LogP) is 3.63. The molecule has 2 amide bonds. The third-order valence-electron chi connectivity index (χ3n) is 5.36. The van der Waals surface area contributed by atoms with Crippen LogP contribution < -0.4 is 15.5 Å². The van der Waals surface area contributed by atoms with Crippen molar-refractivity contribution in [3.8, 4) is 11.1 Å². The Morgan fingerprint density at radius 1 is 1.20 bits per heavy atom. The SMILES string of the molecule is CC(=O)NCC1CN(c2ccc(-c3ccc(CNCCSc4ncccn4)cc3)c(F)c2)C(=O)O1. The topological polar surface area (TPSA) is 96.5 Å². The largest absolute Gasteiger partial charge is 0.442 e. The minimum Gasteiger partial charge on any atom is -0.442 e. The fourth-order valence-electron chi connectivity index (χ4n) is 3.61. The summed E-state index contributed by atoms with van der Waals surface area (Å²) in [4.78, 5) is 33.0. The molecule has 4 rings (SSSR count). The molecule has 1 atom stereocenters. The molecule has 2 N–H and O–H groups in total. The molecule has 3 aromatic rings. The van der Waals surface area contributed by atoms with E-state index in [1.54, 1.807) is 42.4 Å². The summed E-state index contributed by atoms with van der Waals surface area (Å²) in [7, 11) is 0. The van der Waals surface area contributed by atoms with Crippen LogP contribution in [0.4, 0.5) is 14.9 Å². The number of ether oxygens (including phenoxy) is 1. The van der Waals surface area contributed by atoms with Crippen LogP contribution in [-0.4, -0.2) is 53.5 Å². The quantitative estimate of drug-likeness (QED) is 0.252. The van der Waals surface area contributed by atoms with Crippen LogP contribution in [0, 0.1) is 5.82 Å². The number of aromatic nitrogens is 2. The second-order valence-corrected chi connectivity index (χ2v) is 9.03. The van der Waals surface area contributed by atoms with E-state index in [0.29, 0.717) is 17.8 Å². The zero-order valence-corrected chi connectivity index (χ0v) is 20.1. The molecular formula is C25H26FN5O3S. The van der Waals surface area contributed by atoms with E-state index in [0.717, 1.165) is 28.6 Å². The molecule has 8 nitrogen and oxygen atoms in total. The molecular weight excluding hydrogens is 469 g/mol. The molecule has 35 heavy (non-hydrogen) atoms. The van der Waals surface area contributed by atoms with Crippen molar-refractivity contribution in [1.29, 1.82) is 0 Å². The molecule has 2 heterocycles. The number of cyclic esters (lactones) is 1. The smallest absolute Gasteiger partial charge is 0.414 e. The molecule has 10 heteroatoms. The Bertz CT molecular complexity index is 1160. The van der Waals surface area contributed by atoms with Crippen molar-refractivity contribution < 1.29 is 18.7 Å². The molecule has 1 aliphatic heterocycles. The number of thioether (sulfide) groups is 1. The van der Waals surface area contributed by atoms with Crippen LogP contribution in [0.3, 0.4) is 0 Å². The normalized spacial score (nSPS) is 15.2. The number of rotatable bonds is 10. The molecule has 2 aromatic carbocycles. The number of anilines is 1. The maximum Gasteiger partial charge on any atom is 0.414 e. The van der Waals surface area contributed by atoms with Crippen molar-refractivity contribution in [2.24, 2.45) is 0 Å². The van der Waals surface area contributed by atoms with Crippen LogP contribution >= 0.6 is 11.8 Å². The van der Waals surface area contributed by atoms with Crippen molar-refractivity contribution in [3.63, 3.8) is 0 Å².